The number of aliphatic hydroxyl groups excluding tert-OH is 1. The predicted octanol–water partition coefficient (Wildman–Crippen LogP) is 0.237. The summed E-state index contributed by atoms with van der Waals surface area (Å²) >= 11 is 0. The molecule has 1 aliphatic heterocycles. The van der Waals surface area contributed by atoms with Gasteiger partial charge in [0.2, 0.25) is 0 Å². The first-order valence-corrected chi connectivity index (χ1v) is 6.72. The van der Waals surface area contributed by atoms with Crippen LogP contribution in [-0.2, 0) is 9.47 Å². The van der Waals surface area contributed by atoms with Gasteiger partial charge in [0, 0.05) is 6.20 Å². The first-order chi connectivity index (χ1) is 9.73. The van der Waals surface area contributed by atoms with Crippen LogP contribution in [0.25, 0.3) is 0 Å². The lowest BCUT2D eigenvalue weighted by Crippen LogP contribution is -2.43. The molecule has 0 spiro atoms. The van der Waals surface area contributed by atoms with Crippen molar-refractivity contribution in [1.82, 2.24) is 9.55 Å². The topological polar surface area (TPSA) is 99.6 Å². The van der Waals surface area contributed by atoms with Crippen molar-refractivity contribution >= 4 is 5.82 Å². The number of alkyl halides is 1. The van der Waals surface area contributed by atoms with Gasteiger partial charge in [0.1, 0.15) is 18.0 Å². The fourth-order valence-electron chi connectivity index (χ4n) is 2.24. The normalized spacial score (nSPS) is 32.8. The predicted molar refractivity (Wildman–Crippen MR) is 73.4 cm³/mol. The Bertz CT molecular complexity index is 561. The lowest BCUT2D eigenvalue weighted by atomic mass is 9.98. The van der Waals surface area contributed by atoms with E-state index in [1.54, 1.807) is 0 Å². The summed E-state index contributed by atoms with van der Waals surface area (Å²) in [6, 6.07) is 1.37. The van der Waals surface area contributed by atoms with Crippen LogP contribution in [0, 0.1) is 0 Å². The molecular formula is C13H20FN3O4. The Labute approximate surface area is 121 Å². The number of hydrogen-bond acceptors (Lipinski definition) is 6. The van der Waals surface area contributed by atoms with E-state index in [0.29, 0.717) is 0 Å². The van der Waals surface area contributed by atoms with E-state index in [1.165, 1.54) is 19.2 Å². The zero-order valence-corrected chi connectivity index (χ0v) is 12.2. The van der Waals surface area contributed by atoms with Crippen LogP contribution in [-0.4, -0.2) is 45.2 Å². The van der Waals surface area contributed by atoms with E-state index in [2.05, 4.69) is 4.98 Å². The molecule has 1 aliphatic rings. The molecule has 7 nitrogen and oxygen atoms in total. The van der Waals surface area contributed by atoms with Gasteiger partial charge < -0.3 is 20.3 Å². The molecule has 0 radical (unpaired) electrons. The van der Waals surface area contributed by atoms with Crippen LogP contribution >= 0.6 is 0 Å². The van der Waals surface area contributed by atoms with Gasteiger partial charge in [-0.2, -0.15) is 4.98 Å². The number of hydrogen-bond donors (Lipinski definition) is 2. The standard InChI is InChI=1S/C13H20FN3O4/c1-7(2)20-6-8-10(18)13(3,14)11(21-8)17-5-4-9(15)16-12(17)19/h4-5,7-8,10-11,18H,6H2,1-3H3,(H2,15,16,19)/t8-,10-,11-,13-/m1/s1. The van der Waals surface area contributed by atoms with Crippen molar-refractivity contribution in [2.45, 2.75) is 51.0 Å². The highest BCUT2D eigenvalue weighted by Gasteiger charge is 2.55. The fourth-order valence-corrected chi connectivity index (χ4v) is 2.24. The quantitative estimate of drug-likeness (QED) is 0.826. The van der Waals surface area contributed by atoms with E-state index in [9.17, 15) is 14.3 Å². The van der Waals surface area contributed by atoms with Crippen molar-refractivity contribution in [3.8, 4) is 0 Å². The summed E-state index contributed by atoms with van der Waals surface area (Å²) in [5.41, 5.74) is 2.52. The lowest BCUT2D eigenvalue weighted by Gasteiger charge is -2.24. The highest BCUT2D eigenvalue weighted by molar-refractivity contribution is 5.23. The van der Waals surface area contributed by atoms with Crippen molar-refractivity contribution in [3.63, 3.8) is 0 Å². The van der Waals surface area contributed by atoms with Gasteiger partial charge in [0.15, 0.2) is 11.9 Å². The van der Waals surface area contributed by atoms with Gasteiger partial charge in [-0.25, -0.2) is 9.18 Å². The largest absolute Gasteiger partial charge is 0.387 e. The fraction of sp³-hybridized carbons (Fsp3) is 0.692. The van der Waals surface area contributed by atoms with Gasteiger partial charge in [-0.1, -0.05) is 0 Å². The summed E-state index contributed by atoms with van der Waals surface area (Å²) in [7, 11) is 0. The molecule has 0 aromatic carbocycles. The van der Waals surface area contributed by atoms with Gasteiger partial charge >= 0.3 is 5.69 Å². The summed E-state index contributed by atoms with van der Waals surface area (Å²) in [5.74, 6) is 0.0371. The van der Waals surface area contributed by atoms with E-state index in [0.717, 1.165) is 4.57 Å². The molecule has 1 saturated heterocycles. The van der Waals surface area contributed by atoms with Gasteiger partial charge in [-0.3, -0.25) is 4.57 Å². The average molecular weight is 301 g/mol. The van der Waals surface area contributed by atoms with Crippen molar-refractivity contribution < 1.29 is 19.0 Å². The molecule has 0 saturated carbocycles. The van der Waals surface area contributed by atoms with Gasteiger partial charge in [0.05, 0.1) is 12.7 Å². The summed E-state index contributed by atoms with van der Waals surface area (Å²) in [6.45, 7) is 4.86. The number of aromatic nitrogens is 2. The minimum absolute atomic E-state index is 0.0337. The van der Waals surface area contributed by atoms with Crippen molar-refractivity contribution in [2.24, 2.45) is 0 Å². The van der Waals surface area contributed by atoms with Crippen molar-refractivity contribution in [2.75, 3.05) is 12.3 Å². The molecule has 1 aromatic rings. The zero-order chi connectivity index (χ0) is 15.8. The molecule has 8 heteroatoms. The molecule has 2 heterocycles. The second-order valence-electron chi connectivity index (χ2n) is 5.55. The minimum Gasteiger partial charge on any atom is -0.387 e. The van der Waals surface area contributed by atoms with Gasteiger partial charge in [-0.15, -0.1) is 0 Å². The van der Waals surface area contributed by atoms with Crippen LogP contribution < -0.4 is 11.4 Å². The number of rotatable bonds is 4. The van der Waals surface area contributed by atoms with Crippen LogP contribution in [0.5, 0.6) is 0 Å². The lowest BCUT2D eigenvalue weighted by molar-refractivity contribution is -0.0800. The maximum atomic E-state index is 14.8. The number of nitrogens with zero attached hydrogens (tertiary/aromatic N) is 2. The number of aliphatic hydroxyl groups is 1. The maximum Gasteiger partial charge on any atom is 0.351 e. The highest BCUT2D eigenvalue weighted by Crippen LogP contribution is 2.40. The number of anilines is 1. The van der Waals surface area contributed by atoms with Crippen LogP contribution in [0.2, 0.25) is 0 Å². The van der Waals surface area contributed by atoms with Crippen LogP contribution in [0.4, 0.5) is 10.2 Å². The Balaban J connectivity index is 2.25. The molecule has 1 fully saturated rings. The number of ether oxygens (including phenoxy) is 2. The van der Waals surface area contributed by atoms with E-state index >= 15 is 0 Å². The molecule has 21 heavy (non-hydrogen) atoms. The molecule has 0 aliphatic carbocycles. The molecule has 0 unspecified atom stereocenters. The maximum absolute atomic E-state index is 14.8. The van der Waals surface area contributed by atoms with Crippen LogP contribution in [0.15, 0.2) is 17.1 Å². The van der Waals surface area contributed by atoms with Crippen molar-refractivity contribution in [3.05, 3.63) is 22.7 Å². The van der Waals surface area contributed by atoms with E-state index in [4.69, 9.17) is 15.2 Å². The van der Waals surface area contributed by atoms with E-state index in [-0.39, 0.29) is 18.5 Å². The molecular weight excluding hydrogens is 281 g/mol. The molecule has 4 atom stereocenters. The van der Waals surface area contributed by atoms with Crippen LogP contribution in [0.3, 0.4) is 0 Å². The number of nitrogens with two attached hydrogens (primary N) is 1. The first kappa shape index (κ1) is 15.9. The number of nitrogen functional groups attached to an aromatic ring is 1. The Kier molecular flexibility index (Phi) is 4.31. The third-order valence-corrected chi connectivity index (χ3v) is 3.42. The first-order valence-electron chi connectivity index (χ1n) is 6.72. The Morgan fingerprint density at radius 3 is 2.90 bits per heavy atom. The second-order valence-corrected chi connectivity index (χ2v) is 5.55. The second kappa shape index (κ2) is 5.70. The molecule has 0 amide bonds. The Hall–Kier alpha value is -1.51. The number of halogens is 1. The highest BCUT2D eigenvalue weighted by atomic mass is 19.1. The van der Waals surface area contributed by atoms with Gasteiger partial charge in [-0.05, 0) is 26.8 Å². The summed E-state index contributed by atoms with van der Waals surface area (Å²) in [4.78, 5) is 15.3. The molecule has 0 bridgehead atoms. The third-order valence-electron chi connectivity index (χ3n) is 3.42. The summed E-state index contributed by atoms with van der Waals surface area (Å²) in [5, 5.41) is 10.1. The van der Waals surface area contributed by atoms with E-state index < -0.39 is 29.8 Å². The third kappa shape index (κ3) is 3.07. The van der Waals surface area contributed by atoms with Crippen molar-refractivity contribution in [1.29, 1.82) is 0 Å². The van der Waals surface area contributed by atoms with E-state index in [1.807, 2.05) is 13.8 Å². The molecule has 1 aromatic heterocycles. The molecule has 3 N–H and O–H groups in total. The smallest absolute Gasteiger partial charge is 0.351 e. The van der Waals surface area contributed by atoms with Gasteiger partial charge in [0.25, 0.3) is 0 Å². The Morgan fingerprint density at radius 1 is 1.67 bits per heavy atom. The molecule has 118 valence electrons. The zero-order valence-electron chi connectivity index (χ0n) is 12.2. The van der Waals surface area contributed by atoms with Crippen LogP contribution in [0.1, 0.15) is 27.0 Å². The molecule has 2 rings (SSSR count). The minimum atomic E-state index is -2.15. The summed E-state index contributed by atoms with van der Waals surface area (Å²) in [6.07, 6.45) is -2.34. The SMILES string of the molecule is CC(C)OC[C@H]1O[C@@H](n2ccc(N)nc2=O)[C@](C)(F)[C@@H]1O. The average Bonchev–Trinajstić information content (AvgIpc) is 2.60. The monoisotopic (exact) mass is 301 g/mol. The summed E-state index contributed by atoms with van der Waals surface area (Å²) < 4.78 is 26.6. The Morgan fingerprint density at radius 2 is 2.33 bits per heavy atom.